The lowest BCUT2D eigenvalue weighted by Gasteiger charge is -2.14. The van der Waals surface area contributed by atoms with Gasteiger partial charge in [-0.25, -0.2) is 4.98 Å². The van der Waals surface area contributed by atoms with E-state index < -0.39 is 0 Å². The first-order chi connectivity index (χ1) is 11.6. The van der Waals surface area contributed by atoms with Gasteiger partial charge >= 0.3 is 0 Å². The summed E-state index contributed by atoms with van der Waals surface area (Å²) in [5.74, 6) is 1.63. The summed E-state index contributed by atoms with van der Waals surface area (Å²) in [7, 11) is 4.76. The Morgan fingerprint density at radius 3 is 2.46 bits per heavy atom. The molecular weight excluding hydrogens is 328 g/mol. The molecule has 7 heteroatoms. The van der Waals surface area contributed by atoms with Gasteiger partial charge in [-0.1, -0.05) is 6.08 Å². The molecule has 24 heavy (non-hydrogen) atoms. The van der Waals surface area contributed by atoms with Crippen LogP contribution in [-0.4, -0.2) is 38.8 Å². The van der Waals surface area contributed by atoms with Gasteiger partial charge in [0.2, 0.25) is 5.75 Å². The minimum Gasteiger partial charge on any atom is -0.493 e. The zero-order valence-corrected chi connectivity index (χ0v) is 14.9. The predicted molar refractivity (Wildman–Crippen MR) is 95.1 cm³/mol. The molecule has 2 aromatic rings. The Kier molecular flexibility index (Phi) is 6.20. The zero-order valence-electron chi connectivity index (χ0n) is 14.1. The van der Waals surface area contributed by atoms with E-state index in [1.54, 1.807) is 27.5 Å². The van der Waals surface area contributed by atoms with Crippen molar-refractivity contribution in [3.05, 3.63) is 33.8 Å². The van der Waals surface area contributed by atoms with Gasteiger partial charge in [0.25, 0.3) is 5.91 Å². The molecule has 1 amide bonds. The highest BCUT2D eigenvalue weighted by Crippen LogP contribution is 2.39. The number of carbonyl (C=O) groups is 1. The Morgan fingerprint density at radius 2 is 1.92 bits per heavy atom. The van der Waals surface area contributed by atoms with Crippen molar-refractivity contribution in [3.8, 4) is 17.2 Å². The van der Waals surface area contributed by atoms with Crippen molar-refractivity contribution >= 4 is 29.4 Å². The van der Waals surface area contributed by atoms with Crippen LogP contribution in [-0.2, 0) is 0 Å². The van der Waals surface area contributed by atoms with E-state index in [2.05, 4.69) is 10.3 Å². The summed E-state index contributed by atoms with van der Waals surface area (Å²) in [5.41, 5.74) is 0.879. The van der Waals surface area contributed by atoms with Gasteiger partial charge in [-0.15, -0.1) is 11.3 Å². The zero-order chi connectivity index (χ0) is 17.5. The van der Waals surface area contributed by atoms with Crippen molar-refractivity contribution in [1.82, 2.24) is 10.3 Å². The van der Waals surface area contributed by atoms with Crippen molar-refractivity contribution in [2.24, 2.45) is 0 Å². The first kappa shape index (κ1) is 17.8. The van der Waals surface area contributed by atoms with E-state index in [9.17, 15) is 4.79 Å². The number of thiazole rings is 1. The van der Waals surface area contributed by atoms with Crippen LogP contribution in [0.25, 0.3) is 12.2 Å². The Bertz CT molecular complexity index is 715. The Balaban J connectivity index is 2.28. The van der Waals surface area contributed by atoms with Crippen molar-refractivity contribution in [2.45, 2.75) is 6.92 Å². The van der Waals surface area contributed by atoms with Crippen LogP contribution in [0.4, 0.5) is 0 Å². The Morgan fingerprint density at radius 1 is 1.25 bits per heavy atom. The molecule has 1 aromatic heterocycles. The third-order valence-electron chi connectivity index (χ3n) is 3.16. The van der Waals surface area contributed by atoms with Crippen molar-refractivity contribution in [3.63, 3.8) is 0 Å². The first-order valence-electron chi connectivity index (χ1n) is 7.37. The second-order valence-electron chi connectivity index (χ2n) is 4.66. The van der Waals surface area contributed by atoms with Gasteiger partial charge in [-0.05, 0) is 30.7 Å². The summed E-state index contributed by atoms with van der Waals surface area (Å²) < 4.78 is 16.3. The number of carbonyl (C=O) groups excluding carboxylic acids is 1. The maximum atomic E-state index is 11.6. The second kappa shape index (κ2) is 8.35. The maximum Gasteiger partial charge on any atom is 0.262 e. The topological polar surface area (TPSA) is 69.7 Å². The molecule has 0 bridgehead atoms. The molecule has 0 aliphatic carbocycles. The van der Waals surface area contributed by atoms with E-state index in [-0.39, 0.29) is 5.91 Å². The molecule has 1 N–H and O–H groups in total. The lowest BCUT2D eigenvalue weighted by Crippen LogP contribution is -2.16. The van der Waals surface area contributed by atoms with Crippen LogP contribution in [0.3, 0.4) is 0 Å². The molecule has 2 rings (SSSR count). The molecule has 1 heterocycles. The van der Waals surface area contributed by atoms with Gasteiger partial charge in [0.15, 0.2) is 11.5 Å². The van der Waals surface area contributed by atoms with Crippen molar-refractivity contribution < 1.29 is 19.0 Å². The van der Waals surface area contributed by atoms with E-state index in [0.717, 1.165) is 10.6 Å². The number of nitrogens with zero attached hydrogens (tertiary/aromatic N) is 1. The summed E-state index contributed by atoms with van der Waals surface area (Å²) in [6, 6.07) is 3.72. The number of ether oxygens (including phenoxy) is 3. The number of benzene rings is 1. The number of hydrogen-bond donors (Lipinski definition) is 1. The van der Waals surface area contributed by atoms with Gasteiger partial charge in [0.1, 0.15) is 9.88 Å². The fraction of sp³-hybridized carbons (Fsp3) is 0.294. The fourth-order valence-corrected chi connectivity index (χ4v) is 2.81. The fourth-order valence-electron chi connectivity index (χ4n) is 2.04. The molecule has 0 fully saturated rings. The van der Waals surface area contributed by atoms with Gasteiger partial charge in [-0.3, -0.25) is 4.79 Å². The number of methoxy groups -OCH3 is 2. The van der Waals surface area contributed by atoms with Crippen LogP contribution in [0.1, 0.15) is 27.2 Å². The van der Waals surface area contributed by atoms with Crippen LogP contribution in [0.2, 0.25) is 0 Å². The van der Waals surface area contributed by atoms with Crippen LogP contribution in [0.5, 0.6) is 17.2 Å². The summed E-state index contributed by atoms with van der Waals surface area (Å²) >= 11 is 1.32. The largest absolute Gasteiger partial charge is 0.493 e. The molecule has 0 aliphatic rings. The van der Waals surface area contributed by atoms with Gasteiger partial charge in [-0.2, -0.15) is 0 Å². The summed E-state index contributed by atoms with van der Waals surface area (Å²) in [6.07, 6.45) is 5.28. The SMILES string of the molecule is CCOc1c(OC)cc(/C=C\c2ncc(C(=O)NC)s2)cc1OC. The van der Waals surface area contributed by atoms with Crippen molar-refractivity contribution in [2.75, 3.05) is 27.9 Å². The predicted octanol–water partition coefficient (Wildman–Crippen LogP) is 3.09. The minimum atomic E-state index is -0.142. The summed E-state index contributed by atoms with van der Waals surface area (Å²) in [5, 5.41) is 3.31. The van der Waals surface area contributed by atoms with Gasteiger partial charge in [0.05, 0.1) is 27.0 Å². The number of hydrogen-bond acceptors (Lipinski definition) is 6. The third kappa shape index (κ3) is 4.05. The van der Waals surface area contributed by atoms with Crippen molar-refractivity contribution in [1.29, 1.82) is 0 Å². The monoisotopic (exact) mass is 348 g/mol. The third-order valence-corrected chi connectivity index (χ3v) is 4.13. The molecule has 0 saturated carbocycles. The highest BCUT2D eigenvalue weighted by Gasteiger charge is 2.13. The number of nitrogens with one attached hydrogen (secondary N) is 1. The molecule has 6 nitrogen and oxygen atoms in total. The Labute approximate surface area is 145 Å². The Hall–Kier alpha value is -2.54. The van der Waals surface area contributed by atoms with E-state index in [4.69, 9.17) is 14.2 Å². The first-order valence-corrected chi connectivity index (χ1v) is 8.19. The molecule has 0 aliphatic heterocycles. The maximum absolute atomic E-state index is 11.6. The highest BCUT2D eigenvalue weighted by atomic mass is 32.1. The molecule has 0 atom stereocenters. The molecule has 0 spiro atoms. The van der Waals surface area contributed by atoms with Gasteiger partial charge < -0.3 is 19.5 Å². The summed E-state index contributed by atoms with van der Waals surface area (Å²) in [6.45, 7) is 2.42. The number of rotatable bonds is 7. The molecule has 0 unspecified atom stereocenters. The van der Waals surface area contributed by atoms with Crippen LogP contribution < -0.4 is 19.5 Å². The lowest BCUT2D eigenvalue weighted by molar-refractivity contribution is 0.0967. The van der Waals surface area contributed by atoms with Crippen LogP contribution >= 0.6 is 11.3 Å². The lowest BCUT2D eigenvalue weighted by atomic mass is 10.1. The highest BCUT2D eigenvalue weighted by molar-refractivity contribution is 7.14. The normalized spacial score (nSPS) is 10.7. The molecule has 1 aromatic carbocycles. The summed E-state index contributed by atoms with van der Waals surface area (Å²) in [4.78, 5) is 16.3. The second-order valence-corrected chi connectivity index (χ2v) is 5.72. The molecular formula is C17H20N2O4S. The van der Waals surface area contributed by atoms with E-state index in [0.29, 0.717) is 28.7 Å². The quantitative estimate of drug-likeness (QED) is 0.833. The van der Waals surface area contributed by atoms with E-state index >= 15 is 0 Å². The number of aromatic nitrogens is 1. The standard InChI is InChI=1S/C17H20N2O4S/c1-5-23-16-12(21-3)8-11(9-13(16)22-4)6-7-15-19-10-14(24-15)17(20)18-2/h6-10H,5H2,1-4H3,(H,18,20)/b7-6-. The van der Waals surface area contributed by atoms with Crippen LogP contribution in [0.15, 0.2) is 18.3 Å². The van der Waals surface area contributed by atoms with Crippen LogP contribution in [0, 0.1) is 0 Å². The average molecular weight is 348 g/mol. The molecule has 0 radical (unpaired) electrons. The number of amides is 1. The minimum absolute atomic E-state index is 0.142. The van der Waals surface area contributed by atoms with E-state index in [1.807, 2.05) is 31.2 Å². The molecule has 0 saturated heterocycles. The average Bonchev–Trinajstić information content (AvgIpc) is 3.09. The van der Waals surface area contributed by atoms with Gasteiger partial charge in [0, 0.05) is 7.05 Å². The van der Waals surface area contributed by atoms with E-state index in [1.165, 1.54) is 11.3 Å². The smallest absolute Gasteiger partial charge is 0.262 e. The molecule has 128 valence electrons.